The molecule has 4 heteroatoms. The normalized spacial score (nSPS) is 9.13. The largest absolute Gasteiger partial charge is 0.355 e. The number of nitrogens with one attached hydrogen (secondary N) is 1. The van der Waals surface area contributed by atoms with Crippen molar-refractivity contribution in [1.29, 1.82) is 0 Å². The Morgan fingerprint density at radius 1 is 1.60 bits per heavy atom. The maximum absolute atomic E-state index is 10.9. The number of rotatable bonds is 2. The molecule has 0 fully saturated rings. The molecule has 0 saturated carbocycles. The minimum absolute atomic E-state index is 0.0591. The predicted molar refractivity (Wildman–Crippen MR) is 61.7 cm³/mol. The molecule has 1 heterocycles. The topological polar surface area (TPSA) is 49.9 Å². The Bertz CT molecular complexity index is 453. The van der Waals surface area contributed by atoms with Crippen molar-refractivity contribution in [2.24, 2.45) is 0 Å². The Morgan fingerprint density at radius 2 is 2.40 bits per heavy atom. The lowest BCUT2D eigenvalue weighted by molar-refractivity contribution is -0.109. The molecule has 0 unspecified atom stereocenters. The lowest BCUT2D eigenvalue weighted by atomic mass is 10.3. The second-order valence-electron chi connectivity index (χ2n) is 2.83. The first-order chi connectivity index (χ1) is 7.18. The second kappa shape index (κ2) is 6.10. The standard InChI is InChI=1S/C11H11NO2S/c1-9(13)15-7-3-2-4-10-8-11(14)5-6-12-10/h5-6,8H,3,7H2,1H3,(H,12,14). The van der Waals surface area contributed by atoms with Crippen molar-refractivity contribution in [2.75, 3.05) is 5.75 Å². The average Bonchev–Trinajstić information content (AvgIpc) is 2.17. The first-order valence-corrected chi connectivity index (χ1v) is 5.48. The van der Waals surface area contributed by atoms with Crippen LogP contribution in [-0.4, -0.2) is 15.9 Å². The molecule has 3 nitrogen and oxygen atoms in total. The van der Waals surface area contributed by atoms with Crippen molar-refractivity contribution in [1.82, 2.24) is 4.98 Å². The van der Waals surface area contributed by atoms with E-state index in [2.05, 4.69) is 16.8 Å². The number of hydrogen-bond donors (Lipinski definition) is 1. The van der Waals surface area contributed by atoms with Crippen molar-refractivity contribution in [3.63, 3.8) is 0 Å². The number of H-pyrrole nitrogens is 1. The zero-order valence-corrected chi connectivity index (χ0v) is 9.19. The summed E-state index contributed by atoms with van der Waals surface area (Å²) < 4.78 is 0. The highest BCUT2D eigenvalue weighted by Crippen LogP contribution is 2.01. The maximum Gasteiger partial charge on any atom is 0.185 e. The van der Waals surface area contributed by atoms with E-state index >= 15 is 0 Å². The van der Waals surface area contributed by atoms with Crippen LogP contribution in [0.4, 0.5) is 0 Å². The van der Waals surface area contributed by atoms with E-state index in [-0.39, 0.29) is 10.5 Å². The summed E-state index contributed by atoms with van der Waals surface area (Å²) >= 11 is 1.26. The van der Waals surface area contributed by atoms with Crippen LogP contribution in [0.3, 0.4) is 0 Å². The molecule has 1 aromatic rings. The minimum Gasteiger partial charge on any atom is -0.355 e. The second-order valence-corrected chi connectivity index (χ2v) is 4.10. The van der Waals surface area contributed by atoms with Crippen LogP contribution in [0.15, 0.2) is 23.1 Å². The van der Waals surface area contributed by atoms with Gasteiger partial charge in [0, 0.05) is 37.4 Å². The van der Waals surface area contributed by atoms with Gasteiger partial charge >= 0.3 is 0 Å². The number of hydrogen-bond acceptors (Lipinski definition) is 3. The molecule has 0 aromatic carbocycles. The van der Waals surface area contributed by atoms with E-state index in [0.717, 1.165) is 0 Å². The summed E-state index contributed by atoms with van der Waals surface area (Å²) in [6.45, 7) is 1.53. The lowest BCUT2D eigenvalue weighted by Gasteiger charge is -1.89. The van der Waals surface area contributed by atoms with Crippen LogP contribution in [0.2, 0.25) is 0 Å². The third kappa shape index (κ3) is 5.08. The Hall–Kier alpha value is -1.47. The van der Waals surface area contributed by atoms with E-state index < -0.39 is 0 Å². The van der Waals surface area contributed by atoms with Crippen LogP contribution in [0.1, 0.15) is 19.0 Å². The maximum atomic E-state index is 10.9. The molecule has 0 aliphatic rings. The summed E-state index contributed by atoms with van der Waals surface area (Å²) in [5.74, 6) is 6.41. The minimum atomic E-state index is -0.0591. The highest BCUT2D eigenvalue weighted by Gasteiger charge is 1.91. The summed E-state index contributed by atoms with van der Waals surface area (Å²) in [4.78, 5) is 24.4. The van der Waals surface area contributed by atoms with Crippen molar-refractivity contribution in [3.8, 4) is 11.8 Å². The third-order valence-corrected chi connectivity index (χ3v) is 2.34. The predicted octanol–water partition coefficient (Wildman–Crippen LogP) is 1.40. The number of aromatic nitrogens is 1. The molecule has 1 aromatic heterocycles. The van der Waals surface area contributed by atoms with Gasteiger partial charge in [-0.3, -0.25) is 9.59 Å². The molecule has 0 saturated heterocycles. The van der Waals surface area contributed by atoms with Gasteiger partial charge in [-0.05, 0) is 5.92 Å². The van der Waals surface area contributed by atoms with Crippen molar-refractivity contribution in [2.45, 2.75) is 13.3 Å². The van der Waals surface area contributed by atoms with Gasteiger partial charge in [-0.15, -0.1) is 0 Å². The van der Waals surface area contributed by atoms with E-state index in [0.29, 0.717) is 17.9 Å². The molecule has 1 N–H and O–H groups in total. The molecule has 0 atom stereocenters. The lowest BCUT2D eigenvalue weighted by Crippen LogP contribution is -1.98. The fourth-order valence-electron chi connectivity index (χ4n) is 0.921. The zero-order chi connectivity index (χ0) is 11.1. The van der Waals surface area contributed by atoms with Crippen LogP contribution >= 0.6 is 11.8 Å². The van der Waals surface area contributed by atoms with Gasteiger partial charge < -0.3 is 4.98 Å². The molecule has 0 aliphatic heterocycles. The molecule has 0 spiro atoms. The van der Waals surface area contributed by atoms with Crippen molar-refractivity contribution >= 4 is 16.9 Å². The molecule has 0 aliphatic carbocycles. The Labute approximate surface area is 92.3 Å². The van der Waals surface area contributed by atoms with Crippen molar-refractivity contribution < 1.29 is 4.79 Å². The quantitative estimate of drug-likeness (QED) is 0.606. The first kappa shape index (κ1) is 11.6. The fraction of sp³-hybridized carbons (Fsp3) is 0.273. The summed E-state index contributed by atoms with van der Waals surface area (Å²) in [7, 11) is 0. The Kier molecular flexibility index (Phi) is 4.72. The molecule has 15 heavy (non-hydrogen) atoms. The van der Waals surface area contributed by atoms with Gasteiger partial charge in [-0.1, -0.05) is 17.7 Å². The summed E-state index contributed by atoms with van der Waals surface area (Å²) in [5.41, 5.74) is 0.548. The SMILES string of the molecule is CC(=O)SCCC#Cc1cc(=O)cc[nH]1. The summed E-state index contributed by atoms with van der Waals surface area (Å²) in [6.07, 6.45) is 2.21. The molecular formula is C11H11NO2S. The Balaban J connectivity index is 2.45. The molecule has 0 radical (unpaired) electrons. The first-order valence-electron chi connectivity index (χ1n) is 4.49. The number of carbonyl (C=O) groups excluding carboxylic acids is 1. The van der Waals surface area contributed by atoms with Gasteiger partial charge in [0.15, 0.2) is 10.5 Å². The van der Waals surface area contributed by atoms with Crippen LogP contribution in [0.5, 0.6) is 0 Å². The van der Waals surface area contributed by atoms with Gasteiger partial charge in [0.1, 0.15) is 0 Å². The number of carbonyl (C=O) groups is 1. The van der Waals surface area contributed by atoms with Gasteiger partial charge in [0.25, 0.3) is 0 Å². The summed E-state index contributed by atoms with van der Waals surface area (Å²) in [6, 6.07) is 2.89. The highest BCUT2D eigenvalue weighted by atomic mass is 32.2. The van der Waals surface area contributed by atoms with Crippen LogP contribution in [-0.2, 0) is 4.79 Å². The van der Waals surface area contributed by atoms with Crippen LogP contribution in [0.25, 0.3) is 0 Å². The van der Waals surface area contributed by atoms with E-state index in [1.165, 1.54) is 30.8 Å². The van der Waals surface area contributed by atoms with E-state index in [1.807, 2.05) is 0 Å². The molecular weight excluding hydrogens is 210 g/mol. The third-order valence-electron chi connectivity index (χ3n) is 1.53. The smallest absolute Gasteiger partial charge is 0.185 e. The van der Waals surface area contributed by atoms with E-state index in [4.69, 9.17) is 0 Å². The zero-order valence-electron chi connectivity index (χ0n) is 8.37. The molecule has 78 valence electrons. The molecule has 0 bridgehead atoms. The van der Waals surface area contributed by atoms with Crippen LogP contribution < -0.4 is 5.43 Å². The summed E-state index contributed by atoms with van der Waals surface area (Å²) in [5, 5.41) is 0.102. The monoisotopic (exact) mass is 221 g/mol. The fourth-order valence-corrected chi connectivity index (χ4v) is 1.41. The number of thioether (sulfide) groups is 1. The van der Waals surface area contributed by atoms with Crippen LogP contribution in [0, 0.1) is 11.8 Å². The average molecular weight is 221 g/mol. The van der Waals surface area contributed by atoms with E-state index in [1.54, 1.807) is 6.20 Å². The van der Waals surface area contributed by atoms with Gasteiger partial charge in [-0.2, -0.15) is 0 Å². The van der Waals surface area contributed by atoms with Gasteiger partial charge in [-0.25, -0.2) is 0 Å². The molecule has 1 rings (SSSR count). The molecule has 0 amide bonds. The highest BCUT2D eigenvalue weighted by molar-refractivity contribution is 8.13. The van der Waals surface area contributed by atoms with Crippen molar-refractivity contribution in [3.05, 3.63) is 34.2 Å². The Morgan fingerprint density at radius 3 is 3.07 bits per heavy atom. The number of pyridine rings is 1. The number of aromatic amines is 1. The van der Waals surface area contributed by atoms with Gasteiger partial charge in [0.2, 0.25) is 0 Å². The van der Waals surface area contributed by atoms with E-state index in [9.17, 15) is 9.59 Å². The van der Waals surface area contributed by atoms with Gasteiger partial charge in [0.05, 0.1) is 5.69 Å².